The van der Waals surface area contributed by atoms with Crippen molar-refractivity contribution >= 4 is 29.1 Å². The number of benzene rings is 2. The maximum Gasteiger partial charge on any atom is 0.228 e. The first-order valence-corrected chi connectivity index (χ1v) is 9.79. The summed E-state index contributed by atoms with van der Waals surface area (Å²) in [6.07, 6.45) is 0. The number of nitrogens with zero attached hydrogens (tertiary/aromatic N) is 3. The van der Waals surface area contributed by atoms with Crippen LogP contribution in [0.4, 0.5) is 17.5 Å². The number of aromatic nitrogens is 2. The molecule has 0 bridgehead atoms. The van der Waals surface area contributed by atoms with Crippen LogP contribution in [0, 0.1) is 13.8 Å². The lowest BCUT2D eigenvalue weighted by atomic mass is 10.1. The van der Waals surface area contributed by atoms with E-state index in [2.05, 4.69) is 28.4 Å². The lowest BCUT2D eigenvalue weighted by Crippen LogP contribution is -2.37. The van der Waals surface area contributed by atoms with Gasteiger partial charge in [0.15, 0.2) is 0 Å². The van der Waals surface area contributed by atoms with Gasteiger partial charge in [-0.2, -0.15) is 4.98 Å². The van der Waals surface area contributed by atoms with Crippen LogP contribution in [0.15, 0.2) is 48.5 Å². The van der Waals surface area contributed by atoms with E-state index in [1.807, 2.05) is 44.2 Å². The number of hydrogen-bond donors (Lipinski definition) is 1. The Morgan fingerprint density at radius 2 is 1.75 bits per heavy atom. The molecule has 1 aliphatic rings. The number of anilines is 3. The first kappa shape index (κ1) is 18.7. The van der Waals surface area contributed by atoms with E-state index in [9.17, 15) is 0 Å². The van der Waals surface area contributed by atoms with Gasteiger partial charge in [-0.25, -0.2) is 4.98 Å². The quantitative estimate of drug-likeness (QED) is 0.675. The van der Waals surface area contributed by atoms with Gasteiger partial charge in [-0.05, 0) is 31.0 Å². The van der Waals surface area contributed by atoms with E-state index in [0.29, 0.717) is 24.2 Å². The molecule has 28 heavy (non-hydrogen) atoms. The number of hydrogen-bond acceptors (Lipinski definition) is 5. The van der Waals surface area contributed by atoms with E-state index < -0.39 is 0 Å². The molecule has 2 heterocycles. The Morgan fingerprint density at radius 3 is 2.46 bits per heavy atom. The molecule has 0 amide bonds. The molecule has 1 aromatic heterocycles. The molecule has 2 aromatic carbocycles. The summed E-state index contributed by atoms with van der Waals surface area (Å²) in [6, 6.07) is 16.2. The lowest BCUT2D eigenvalue weighted by Gasteiger charge is -2.27. The second-order valence-corrected chi connectivity index (χ2v) is 7.37. The monoisotopic (exact) mass is 394 g/mol. The minimum atomic E-state index is 0.685. The van der Waals surface area contributed by atoms with Crippen molar-refractivity contribution < 1.29 is 4.74 Å². The van der Waals surface area contributed by atoms with Gasteiger partial charge >= 0.3 is 0 Å². The van der Waals surface area contributed by atoms with Crippen LogP contribution in [-0.2, 0) is 4.74 Å². The Balaban J connectivity index is 1.75. The van der Waals surface area contributed by atoms with Gasteiger partial charge in [0.1, 0.15) is 5.82 Å². The van der Waals surface area contributed by atoms with Gasteiger partial charge in [0, 0.05) is 24.7 Å². The standard InChI is InChI=1S/C22H23ClN4O/c1-15-12-16(2)21(18(23)13-15)25-20-14-19(17-6-4-3-5-7-17)24-22(26-20)27-8-10-28-11-9-27/h3-7,12-14H,8-11H2,1-2H3,(H,24,25,26). The summed E-state index contributed by atoms with van der Waals surface area (Å²) in [5.74, 6) is 1.43. The van der Waals surface area contributed by atoms with Crippen molar-refractivity contribution in [3.63, 3.8) is 0 Å². The normalized spacial score (nSPS) is 14.2. The van der Waals surface area contributed by atoms with E-state index >= 15 is 0 Å². The topological polar surface area (TPSA) is 50.3 Å². The van der Waals surface area contributed by atoms with Crippen LogP contribution in [-0.4, -0.2) is 36.3 Å². The molecule has 0 unspecified atom stereocenters. The first-order valence-electron chi connectivity index (χ1n) is 9.41. The Hall–Kier alpha value is -2.63. The van der Waals surface area contributed by atoms with Crippen molar-refractivity contribution in [3.05, 3.63) is 64.7 Å². The minimum Gasteiger partial charge on any atom is -0.378 e. The van der Waals surface area contributed by atoms with Gasteiger partial charge < -0.3 is 15.0 Å². The molecule has 1 saturated heterocycles. The fourth-order valence-corrected chi connectivity index (χ4v) is 3.73. The zero-order valence-corrected chi connectivity index (χ0v) is 16.8. The second kappa shape index (κ2) is 8.17. The zero-order chi connectivity index (χ0) is 19.5. The van der Waals surface area contributed by atoms with Crippen molar-refractivity contribution in [2.75, 3.05) is 36.5 Å². The molecule has 0 radical (unpaired) electrons. The SMILES string of the molecule is Cc1cc(C)c(Nc2cc(-c3ccccc3)nc(N3CCOCC3)n2)c(Cl)c1. The van der Waals surface area contributed by atoms with Gasteiger partial charge in [-0.3, -0.25) is 0 Å². The number of rotatable bonds is 4. The van der Waals surface area contributed by atoms with Crippen LogP contribution in [0.3, 0.4) is 0 Å². The molecule has 4 rings (SSSR count). The van der Waals surface area contributed by atoms with Crippen LogP contribution in [0.2, 0.25) is 5.02 Å². The maximum atomic E-state index is 6.50. The van der Waals surface area contributed by atoms with Crippen molar-refractivity contribution in [2.24, 2.45) is 0 Å². The molecule has 1 N–H and O–H groups in total. The molecular formula is C22H23ClN4O. The molecule has 6 heteroatoms. The van der Waals surface area contributed by atoms with Crippen LogP contribution in [0.1, 0.15) is 11.1 Å². The fraction of sp³-hybridized carbons (Fsp3) is 0.273. The summed E-state index contributed by atoms with van der Waals surface area (Å²) in [4.78, 5) is 11.7. The number of morpholine rings is 1. The van der Waals surface area contributed by atoms with E-state index in [1.165, 1.54) is 0 Å². The third-order valence-electron chi connectivity index (χ3n) is 4.76. The fourth-order valence-electron chi connectivity index (χ4n) is 3.36. The largest absolute Gasteiger partial charge is 0.378 e. The highest BCUT2D eigenvalue weighted by atomic mass is 35.5. The molecule has 1 fully saturated rings. The Kier molecular flexibility index (Phi) is 5.46. The van der Waals surface area contributed by atoms with E-state index in [4.69, 9.17) is 26.3 Å². The van der Waals surface area contributed by atoms with E-state index in [0.717, 1.165) is 47.0 Å². The summed E-state index contributed by atoms with van der Waals surface area (Å²) in [6.45, 7) is 7.01. The van der Waals surface area contributed by atoms with Crippen LogP contribution < -0.4 is 10.2 Å². The predicted molar refractivity (Wildman–Crippen MR) is 115 cm³/mol. The summed E-state index contributed by atoms with van der Waals surface area (Å²) in [5, 5.41) is 4.10. The van der Waals surface area contributed by atoms with Gasteiger partial charge in [0.2, 0.25) is 5.95 Å². The molecule has 0 aliphatic carbocycles. The predicted octanol–water partition coefficient (Wildman–Crippen LogP) is 4.99. The third-order valence-corrected chi connectivity index (χ3v) is 5.06. The Bertz CT molecular complexity index is 949. The molecule has 0 spiro atoms. The number of nitrogens with one attached hydrogen (secondary N) is 1. The van der Waals surface area contributed by atoms with Crippen LogP contribution in [0.25, 0.3) is 11.3 Å². The van der Waals surface area contributed by atoms with Gasteiger partial charge in [0.05, 0.1) is 29.6 Å². The molecule has 3 aromatic rings. The number of ether oxygens (including phenoxy) is 1. The number of halogens is 1. The minimum absolute atomic E-state index is 0.685. The number of aryl methyl sites for hydroxylation is 2. The Labute approximate surface area is 170 Å². The van der Waals surface area contributed by atoms with Crippen LogP contribution in [0.5, 0.6) is 0 Å². The molecular weight excluding hydrogens is 372 g/mol. The Morgan fingerprint density at radius 1 is 1.00 bits per heavy atom. The summed E-state index contributed by atoms with van der Waals surface area (Å²) < 4.78 is 5.47. The van der Waals surface area contributed by atoms with Gasteiger partial charge in [-0.1, -0.05) is 48.0 Å². The third kappa shape index (κ3) is 4.11. The van der Waals surface area contributed by atoms with Crippen molar-refractivity contribution in [3.8, 4) is 11.3 Å². The summed E-state index contributed by atoms with van der Waals surface area (Å²) in [5.41, 5.74) is 5.01. The van der Waals surface area contributed by atoms with Crippen LogP contribution >= 0.6 is 11.6 Å². The lowest BCUT2D eigenvalue weighted by molar-refractivity contribution is 0.122. The van der Waals surface area contributed by atoms with Crippen molar-refractivity contribution in [2.45, 2.75) is 13.8 Å². The summed E-state index contributed by atoms with van der Waals surface area (Å²) in [7, 11) is 0. The van der Waals surface area contributed by atoms with Crippen molar-refractivity contribution in [1.29, 1.82) is 0 Å². The molecule has 5 nitrogen and oxygen atoms in total. The van der Waals surface area contributed by atoms with Gasteiger partial charge in [-0.15, -0.1) is 0 Å². The first-order chi connectivity index (χ1) is 13.6. The molecule has 0 saturated carbocycles. The van der Waals surface area contributed by atoms with Crippen molar-refractivity contribution in [1.82, 2.24) is 9.97 Å². The summed E-state index contributed by atoms with van der Waals surface area (Å²) >= 11 is 6.50. The second-order valence-electron chi connectivity index (χ2n) is 6.97. The average molecular weight is 395 g/mol. The molecule has 1 aliphatic heterocycles. The highest BCUT2D eigenvalue weighted by molar-refractivity contribution is 6.33. The highest BCUT2D eigenvalue weighted by Gasteiger charge is 2.17. The smallest absolute Gasteiger partial charge is 0.228 e. The molecule has 144 valence electrons. The van der Waals surface area contributed by atoms with E-state index in [-0.39, 0.29) is 0 Å². The average Bonchev–Trinajstić information content (AvgIpc) is 2.72. The van der Waals surface area contributed by atoms with E-state index in [1.54, 1.807) is 0 Å². The van der Waals surface area contributed by atoms with Gasteiger partial charge in [0.25, 0.3) is 0 Å². The highest BCUT2D eigenvalue weighted by Crippen LogP contribution is 2.31. The maximum absolute atomic E-state index is 6.50. The molecule has 0 atom stereocenters. The zero-order valence-electron chi connectivity index (χ0n) is 16.1.